The number of para-hydroxylation sites is 1. The number of phenols is 1. The molecule has 0 heterocycles. The standard InChI is InChI=1S/C7H7FN2O.ClH/c8-5-3-1-2-4(6(5)11)7(9)10;/h1-3,11H,(H3,9,10);1H. The van der Waals surface area contributed by atoms with Crippen LogP contribution < -0.4 is 5.73 Å². The maximum atomic E-state index is 12.5. The summed E-state index contributed by atoms with van der Waals surface area (Å²) in [5.74, 6) is -1.68. The zero-order valence-electron chi connectivity index (χ0n) is 6.04. The summed E-state index contributed by atoms with van der Waals surface area (Å²) >= 11 is 0. The molecule has 1 aromatic carbocycles. The molecule has 3 nitrogen and oxygen atoms in total. The Bertz CT molecular complexity index is 303. The molecule has 12 heavy (non-hydrogen) atoms. The van der Waals surface area contributed by atoms with Crippen LogP contribution in [0.25, 0.3) is 0 Å². The van der Waals surface area contributed by atoms with Crippen molar-refractivity contribution in [2.75, 3.05) is 0 Å². The molecule has 0 spiro atoms. The highest BCUT2D eigenvalue weighted by atomic mass is 35.5. The van der Waals surface area contributed by atoms with E-state index in [1.54, 1.807) is 0 Å². The summed E-state index contributed by atoms with van der Waals surface area (Å²) in [7, 11) is 0. The van der Waals surface area contributed by atoms with Crippen LogP contribution in [0.15, 0.2) is 18.2 Å². The maximum Gasteiger partial charge on any atom is 0.165 e. The van der Waals surface area contributed by atoms with Gasteiger partial charge in [-0.3, -0.25) is 5.41 Å². The third kappa shape index (κ3) is 1.85. The van der Waals surface area contributed by atoms with E-state index in [4.69, 9.17) is 16.2 Å². The highest BCUT2D eigenvalue weighted by molar-refractivity contribution is 5.97. The number of aromatic hydroxyl groups is 1. The highest BCUT2D eigenvalue weighted by Gasteiger charge is 2.07. The number of nitrogens with one attached hydrogen (secondary N) is 1. The fraction of sp³-hybridized carbons (Fsp3) is 0. The van der Waals surface area contributed by atoms with Crippen molar-refractivity contribution >= 4 is 18.2 Å². The van der Waals surface area contributed by atoms with E-state index in [0.29, 0.717) is 0 Å². The van der Waals surface area contributed by atoms with Crippen LogP contribution in [-0.2, 0) is 0 Å². The van der Waals surface area contributed by atoms with Crippen LogP contribution >= 0.6 is 12.4 Å². The third-order valence-corrected chi connectivity index (χ3v) is 1.28. The number of hydrogen-bond acceptors (Lipinski definition) is 2. The van der Waals surface area contributed by atoms with Gasteiger partial charge in [-0.2, -0.15) is 0 Å². The first-order valence-corrected chi connectivity index (χ1v) is 2.95. The number of benzene rings is 1. The van der Waals surface area contributed by atoms with Crippen molar-refractivity contribution in [2.45, 2.75) is 0 Å². The van der Waals surface area contributed by atoms with E-state index in [1.165, 1.54) is 12.1 Å². The predicted molar refractivity (Wildman–Crippen MR) is 46.3 cm³/mol. The second kappa shape index (κ2) is 3.92. The lowest BCUT2D eigenvalue weighted by molar-refractivity contribution is 0.431. The highest BCUT2D eigenvalue weighted by Crippen LogP contribution is 2.19. The molecule has 0 unspecified atom stereocenters. The summed E-state index contributed by atoms with van der Waals surface area (Å²) in [6.07, 6.45) is 0. The second-order valence-electron chi connectivity index (χ2n) is 2.05. The normalized spacial score (nSPS) is 8.75. The van der Waals surface area contributed by atoms with Gasteiger partial charge in [-0.1, -0.05) is 6.07 Å². The van der Waals surface area contributed by atoms with Gasteiger partial charge in [0.2, 0.25) is 0 Å². The largest absolute Gasteiger partial charge is 0.504 e. The van der Waals surface area contributed by atoms with Crippen molar-refractivity contribution in [1.29, 1.82) is 5.41 Å². The van der Waals surface area contributed by atoms with Gasteiger partial charge in [-0.15, -0.1) is 12.4 Å². The zero-order chi connectivity index (χ0) is 8.43. The van der Waals surface area contributed by atoms with Crippen molar-refractivity contribution in [2.24, 2.45) is 5.73 Å². The minimum atomic E-state index is -0.766. The first kappa shape index (κ1) is 10.7. The maximum absolute atomic E-state index is 12.5. The summed E-state index contributed by atoms with van der Waals surface area (Å²) in [6, 6.07) is 3.86. The molecule has 0 aliphatic heterocycles. The first-order chi connectivity index (χ1) is 5.13. The molecule has 1 rings (SSSR count). The minimum absolute atomic E-state index is 0. The molecule has 4 N–H and O–H groups in total. The van der Waals surface area contributed by atoms with Gasteiger partial charge in [0.15, 0.2) is 11.6 Å². The lowest BCUT2D eigenvalue weighted by atomic mass is 10.2. The quantitative estimate of drug-likeness (QED) is 0.461. The Morgan fingerprint density at radius 1 is 1.50 bits per heavy atom. The van der Waals surface area contributed by atoms with E-state index in [-0.39, 0.29) is 23.8 Å². The van der Waals surface area contributed by atoms with Gasteiger partial charge in [0, 0.05) is 0 Å². The van der Waals surface area contributed by atoms with Gasteiger partial charge in [0.05, 0.1) is 5.56 Å². The number of amidine groups is 1. The SMILES string of the molecule is Cl.N=C(N)c1cccc(F)c1O. The summed E-state index contributed by atoms with van der Waals surface area (Å²) in [5, 5.41) is 15.9. The van der Waals surface area contributed by atoms with Crippen molar-refractivity contribution < 1.29 is 9.50 Å². The molecule has 0 fully saturated rings. The van der Waals surface area contributed by atoms with Crippen molar-refractivity contribution in [1.82, 2.24) is 0 Å². The minimum Gasteiger partial charge on any atom is -0.504 e. The second-order valence-corrected chi connectivity index (χ2v) is 2.05. The predicted octanol–water partition coefficient (Wildman–Crippen LogP) is 1.24. The number of phenolic OH excluding ortho intramolecular Hbond substituents is 1. The number of halogens is 2. The lowest BCUT2D eigenvalue weighted by Gasteiger charge is -2.01. The zero-order valence-corrected chi connectivity index (χ0v) is 6.86. The molecular formula is C7H8ClFN2O. The average Bonchev–Trinajstić information content (AvgIpc) is 1.94. The third-order valence-electron chi connectivity index (χ3n) is 1.28. The van der Waals surface area contributed by atoms with Crippen molar-refractivity contribution in [3.8, 4) is 5.75 Å². The van der Waals surface area contributed by atoms with Crippen LogP contribution in [-0.4, -0.2) is 10.9 Å². The molecule has 0 atom stereocenters. The van der Waals surface area contributed by atoms with Crippen LogP contribution in [0.3, 0.4) is 0 Å². The van der Waals surface area contributed by atoms with Gasteiger partial charge in [-0.25, -0.2) is 4.39 Å². The Balaban J connectivity index is 0.00000121. The average molecular weight is 191 g/mol. The number of nitrogens with two attached hydrogens (primary N) is 1. The van der Waals surface area contributed by atoms with E-state index in [2.05, 4.69) is 0 Å². The molecule has 0 amide bonds. The molecule has 1 aromatic rings. The summed E-state index contributed by atoms with van der Waals surface area (Å²) in [5.41, 5.74) is 5.06. The van der Waals surface area contributed by atoms with Crippen LogP contribution in [0.5, 0.6) is 5.75 Å². The Labute approximate surface area is 74.9 Å². The molecule has 0 saturated heterocycles. The van der Waals surface area contributed by atoms with Crippen molar-refractivity contribution in [3.63, 3.8) is 0 Å². The van der Waals surface area contributed by atoms with E-state index in [9.17, 15) is 4.39 Å². The molecule has 0 saturated carbocycles. The topological polar surface area (TPSA) is 70.1 Å². The molecule has 5 heteroatoms. The molecule has 0 aliphatic rings. The van der Waals surface area contributed by atoms with Crippen LogP contribution in [0, 0.1) is 11.2 Å². The monoisotopic (exact) mass is 190 g/mol. The smallest absolute Gasteiger partial charge is 0.165 e. The Kier molecular flexibility index (Phi) is 3.50. The van der Waals surface area contributed by atoms with Gasteiger partial charge in [0.25, 0.3) is 0 Å². The molecule has 0 radical (unpaired) electrons. The molecular weight excluding hydrogens is 183 g/mol. The van der Waals surface area contributed by atoms with Gasteiger partial charge >= 0.3 is 0 Å². The van der Waals surface area contributed by atoms with Gasteiger partial charge in [-0.05, 0) is 12.1 Å². The molecule has 0 bridgehead atoms. The number of hydrogen-bond donors (Lipinski definition) is 3. The fourth-order valence-electron chi connectivity index (χ4n) is 0.733. The molecule has 0 aromatic heterocycles. The van der Waals surface area contributed by atoms with Crippen molar-refractivity contribution in [3.05, 3.63) is 29.6 Å². The van der Waals surface area contributed by atoms with E-state index in [1.807, 2.05) is 0 Å². The fourth-order valence-corrected chi connectivity index (χ4v) is 0.733. The Hall–Kier alpha value is -1.29. The summed E-state index contributed by atoms with van der Waals surface area (Å²) in [4.78, 5) is 0. The van der Waals surface area contributed by atoms with Gasteiger partial charge in [0.1, 0.15) is 5.84 Å². The lowest BCUT2D eigenvalue weighted by Crippen LogP contribution is -2.11. The summed E-state index contributed by atoms with van der Waals surface area (Å²) < 4.78 is 12.5. The Morgan fingerprint density at radius 2 is 2.08 bits per heavy atom. The summed E-state index contributed by atoms with van der Waals surface area (Å²) in [6.45, 7) is 0. The number of nitrogen functional groups attached to an aromatic ring is 1. The van der Waals surface area contributed by atoms with Crippen LogP contribution in [0.1, 0.15) is 5.56 Å². The van der Waals surface area contributed by atoms with Gasteiger partial charge < -0.3 is 10.8 Å². The van der Waals surface area contributed by atoms with Crippen LogP contribution in [0.4, 0.5) is 4.39 Å². The number of rotatable bonds is 1. The van der Waals surface area contributed by atoms with E-state index in [0.717, 1.165) is 6.07 Å². The van der Waals surface area contributed by atoms with E-state index < -0.39 is 11.6 Å². The van der Waals surface area contributed by atoms with Crippen LogP contribution in [0.2, 0.25) is 0 Å². The molecule has 66 valence electrons. The Morgan fingerprint density at radius 3 is 2.50 bits per heavy atom. The molecule has 0 aliphatic carbocycles. The first-order valence-electron chi connectivity index (χ1n) is 2.95. The van der Waals surface area contributed by atoms with E-state index >= 15 is 0 Å².